The molecule has 0 aliphatic carbocycles. The zero-order valence-corrected chi connectivity index (χ0v) is 12.0. The molecule has 4 unspecified atom stereocenters. The van der Waals surface area contributed by atoms with Crippen LogP contribution in [0.3, 0.4) is 0 Å². The van der Waals surface area contributed by atoms with Gasteiger partial charge in [0.25, 0.3) is 0 Å². The van der Waals surface area contributed by atoms with E-state index in [1.54, 1.807) is 0 Å². The third-order valence-electron chi connectivity index (χ3n) is 4.55. The number of hydrogen-bond acceptors (Lipinski definition) is 4. The number of benzene rings is 1. The van der Waals surface area contributed by atoms with Gasteiger partial charge in [-0.25, -0.2) is 0 Å². The molecule has 3 rings (SSSR count). The molecular formula is C16H24N2O2. The van der Waals surface area contributed by atoms with Gasteiger partial charge in [0.1, 0.15) is 5.75 Å². The van der Waals surface area contributed by atoms with Gasteiger partial charge < -0.3 is 9.47 Å². The molecule has 4 nitrogen and oxygen atoms in total. The molecule has 0 bridgehead atoms. The Balaban J connectivity index is 1.70. The standard InChI is InChI=1S/C16H24N2O2/c1-11-6-7-16(20-11)14(18-17)10-12-8-9-19-15-5-3-2-4-13(12)15/h2-5,11-12,14,16,18H,6-10,17H2,1H3. The Kier molecular flexibility index (Phi) is 4.24. The molecule has 3 N–H and O–H groups in total. The minimum absolute atomic E-state index is 0.219. The molecule has 1 aromatic rings. The van der Waals surface area contributed by atoms with Crippen molar-refractivity contribution in [1.82, 2.24) is 5.43 Å². The number of rotatable bonds is 4. The molecule has 1 aromatic carbocycles. The molecule has 2 aliphatic rings. The Labute approximate surface area is 120 Å². The van der Waals surface area contributed by atoms with Crippen molar-refractivity contribution in [3.8, 4) is 5.75 Å². The highest BCUT2D eigenvalue weighted by molar-refractivity contribution is 5.37. The molecule has 2 heterocycles. The average Bonchev–Trinajstić information content (AvgIpc) is 2.91. The third kappa shape index (κ3) is 2.82. The van der Waals surface area contributed by atoms with Crippen molar-refractivity contribution in [3.63, 3.8) is 0 Å². The van der Waals surface area contributed by atoms with Crippen LogP contribution in [0.4, 0.5) is 0 Å². The number of ether oxygens (including phenoxy) is 2. The lowest BCUT2D eigenvalue weighted by atomic mass is 9.86. The van der Waals surface area contributed by atoms with E-state index in [0.29, 0.717) is 12.0 Å². The van der Waals surface area contributed by atoms with Gasteiger partial charge in [-0.2, -0.15) is 0 Å². The third-order valence-corrected chi connectivity index (χ3v) is 4.55. The van der Waals surface area contributed by atoms with Crippen LogP contribution in [0, 0.1) is 0 Å². The summed E-state index contributed by atoms with van der Waals surface area (Å²) in [5.74, 6) is 7.30. The fraction of sp³-hybridized carbons (Fsp3) is 0.625. The fourth-order valence-electron chi connectivity index (χ4n) is 3.42. The van der Waals surface area contributed by atoms with E-state index in [1.165, 1.54) is 5.56 Å². The predicted octanol–water partition coefficient (Wildman–Crippen LogP) is 2.34. The highest BCUT2D eigenvalue weighted by Gasteiger charge is 2.32. The van der Waals surface area contributed by atoms with Crippen LogP contribution < -0.4 is 16.0 Å². The van der Waals surface area contributed by atoms with Gasteiger partial charge in [-0.15, -0.1) is 0 Å². The van der Waals surface area contributed by atoms with Crippen molar-refractivity contribution in [2.24, 2.45) is 5.84 Å². The summed E-state index contributed by atoms with van der Waals surface area (Å²) in [4.78, 5) is 0. The van der Waals surface area contributed by atoms with Crippen molar-refractivity contribution in [1.29, 1.82) is 0 Å². The monoisotopic (exact) mass is 276 g/mol. The van der Waals surface area contributed by atoms with Crippen molar-refractivity contribution < 1.29 is 9.47 Å². The van der Waals surface area contributed by atoms with Crippen LogP contribution in [0.1, 0.15) is 44.1 Å². The fourth-order valence-corrected chi connectivity index (χ4v) is 3.42. The Morgan fingerprint density at radius 2 is 2.15 bits per heavy atom. The van der Waals surface area contributed by atoms with Gasteiger partial charge in [-0.3, -0.25) is 11.3 Å². The summed E-state index contributed by atoms with van der Waals surface area (Å²) in [5.41, 5.74) is 4.29. The van der Waals surface area contributed by atoms with Gasteiger partial charge in [0, 0.05) is 6.04 Å². The SMILES string of the molecule is CC1CCC(C(CC2CCOc3ccccc32)NN)O1. The number of para-hydroxylation sites is 1. The molecule has 0 spiro atoms. The molecule has 110 valence electrons. The normalized spacial score (nSPS) is 30.6. The summed E-state index contributed by atoms with van der Waals surface area (Å²) >= 11 is 0. The number of hydrazine groups is 1. The van der Waals surface area contributed by atoms with Crippen LogP contribution in [0.5, 0.6) is 5.75 Å². The predicted molar refractivity (Wildman–Crippen MR) is 78.6 cm³/mol. The molecule has 1 fully saturated rings. The molecule has 20 heavy (non-hydrogen) atoms. The Morgan fingerprint density at radius 1 is 1.30 bits per heavy atom. The smallest absolute Gasteiger partial charge is 0.122 e. The van der Waals surface area contributed by atoms with Gasteiger partial charge in [-0.1, -0.05) is 18.2 Å². The Bertz CT molecular complexity index is 452. The lowest BCUT2D eigenvalue weighted by Crippen LogP contribution is -2.45. The Hall–Kier alpha value is -1.10. The zero-order chi connectivity index (χ0) is 13.9. The molecular weight excluding hydrogens is 252 g/mol. The van der Waals surface area contributed by atoms with Crippen molar-refractivity contribution >= 4 is 0 Å². The first-order valence-electron chi connectivity index (χ1n) is 7.61. The minimum atomic E-state index is 0.219. The second-order valence-corrected chi connectivity index (χ2v) is 5.94. The van der Waals surface area contributed by atoms with Crippen molar-refractivity contribution in [3.05, 3.63) is 29.8 Å². The highest BCUT2D eigenvalue weighted by atomic mass is 16.5. The first kappa shape index (κ1) is 13.9. The molecule has 0 radical (unpaired) electrons. The maximum Gasteiger partial charge on any atom is 0.122 e. The molecule has 0 amide bonds. The zero-order valence-electron chi connectivity index (χ0n) is 12.0. The van der Waals surface area contributed by atoms with Crippen LogP contribution >= 0.6 is 0 Å². The van der Waals surface area contributed by atoms with Crippen LogP contribution in [0.15, 0.2) is 24.3 Å². The molecule has 1 saturated heterocycles. The van der Waals surface area contributed by atoms with E-state index in [4.69, 9.17) is 15.3 Å². The summed E-state index contributed by atoms with van der Waals surface area (Å²) in [6.07, 6.45) is 4.89. The van der Waals surface area contributed by atoms with Crippen molar-refractivity contribution in [2.75, 3.05) is 6.61 Å². The summed E-state index contributed by atoms with van der Waals surface area (Å²) in [6, 6.07) is 8.56. The number of nitrogens with one attached hydrogen (secondary N) is 1. The number of hydrogen-bond donors (Lipinski definition) is 2. The summed E-state index contributed by atoms with van der Waals surface area (Å²) < 4.78 is 11.7. The maximum absolute atomic E-state index is 5.97. The van der Waals surface area contributed by atoms with Gasteiger partial charge in [0.15, 0.2) is 0 Å². The van der Waals surface area contributed by atoms with E-state index in [9.17, 15) is 0 Å². The lowest BCUT2D eigenvalue weighted by molar-refractivity contribution is 0.0274. The molecule has 0 aromatic heterocycles. The first-order chi connectivity index (χ1) is 9.78. The topological polar surface area (TPSA) is 56.5 Å². The molecule has 2 aliphatic heterocycles. The average molecular weight is 276 g/mol. The molecule has 4 atom stereocenters. The summed E-state index contributed by atoms with van der Waals surface area (Å²) in [6.45, 7) is 2.93. The molecule has 0 saturated carbocycles. The first-order valence-corrected chi connectivity index (χ1v) is 7.61. The van der Waals surface area contributed by atoms with E-state index >= 15 is 0 Å². The van der Waals surface area contributed by atoms with Crippen LogP contribution in [0.2, 0.25) is 0 Å². The number of fused-ring (bicyclic) bond motifs is 1. The van der Waals surface area contributed by atoms with Crippen LogP contribution in [-0.2, 0) is 4.74 Å². The van der Waals surface area contributed by atoms with E-state index in [-0.39, 0.29) is 12.1 Å². The molecule has 4 heteroatoms. The van der Waals surface area contributed by atoms with Crippen LogP contribution in [-0.4, -0.2) is 24.9 Å². The van der Waals surface area contributed by atoms with Gasteiger partial charge in [0.2, 0.25) is 0 Å². The quantitative estimate of drug-likeness (QED) is 0.654. The highest BCUT2D eigenvalue weighted by Crippen LogP contribution is 2.37. The largest absolute Gasteiger partial charge is 0.493 e. The second-order valence-electron chi connectivity index (χ2n) is 5.94. The van der Waals surface area contributed by atoms with Crippen LogP contribution in [0.25, 0.3) is 0 Å². The summed E-state index contributed by atoms with van der Waals surface area (Å²) in [5, 5.41) is 0. The maximum atomic E-state index is 5.97. The Morgan fingerprint density at radius 3 is 2.90 bits per heavy atom. The minimum Gasteiger partial charge on any atom is -0.493 e. The van der Waals surface area contributed by atoms with Gasteiger partial charge >= 0.3 is 0 Å². The van der Waals surface area contributed by atoms with E-state index in [2.05, 4.69) is 30.5 Å². The lowest BCUT2D eigenvalue weighted by Gasteiger charge is -2.31. The van der Waals surface area contributed by atoms with Gasteiger partial charge in [0.05, 0.1) is 18.8 Å². The summed E-state index contributed by atoms with van der Waals surface area (Å²) in [7, 11) is 0. The van der Waals surface area contributed by atoms with E-state index in [0.717, 1.165) is 38.0 Å². The second kappa shape index (κ2) is 6.12. The van der Waals surface area contributed by atoms with E-state index in [1.807, 2.05) is 6.07 Å². The van der Waals surface area contributed by atoms with Gasteiger partial charge in [-0.05, 0) is 50.2 Å². The number of nitrogens with two attached hydrogens (primary N) is 1. The van der Waals surface area contributed by atoms with E-state index < -0.39 is 0 Å². The van der Waals surface area contributed by atoms with Crippen molar-refractivity contribution in [2.45, 2.75) is 56.8 Å².